The van der Waals surface area contributed by atoms with Gasteiger partial charge in [-0.15, -0.1) is 0 Å². The van der Waals surface area contributed by atoms with Crippen molar-refractivity contribution in [2.45, 2.75) is 57.4 Å². The van der Waals surface area contributed by atoms with E-state index in [0.717, 1.165) is 31.2 Å². The predicted octanol–water partition coefficient (Wildman–Crippen LogP) is 4.80. The van der Waals surface area contributed by atoms with Crippen LogP contribution in [0.3, 0.4) is 0 Å². The van der Waals surface area contributed by atoms with Gasteiger partial charge in [0, 0.05) is 50.5 Å². The van der Waals surface area contributed by atoms with Crippen molar-refractivity contribution in [1.82, 2.24) is 14.7 Å². The third-order valence-corrected chi connectivity index (χ3v) is 9.28. The molecule has 2 saturated heterocycles. The van der Waals surface area contributed by atoms with E-state index in [-0.39, 0.29) is 41.2 Å². The second kappa shape index (κ2) is 10.1. The summed E-state index contributed by atoms with van der Waals surface area (Å²) in [6, 6.07) is 5.29. The lowest BCUT2D eigenvalue weighted by Gasteiger charge is -2.34. The molecule has 0 radical (unpaired) electrons. The van der Waals surface area contributed by atoms with Gasteiger partial charge in [0.05, 0.1) is 22.7 Å². The highest BCUT2D eigenvalue weighted by Gasteiger charge is 2.48. The Bertz CT molecular complexity index is 1030. The number of carbonyl (C=O) groups is 3. The topological polar surface area (TPSA) is 70.2 Å². The van der Waals surface area contributed by atoms with Crippen molar-refractivity contribution in [2.24, 2.45) is 17.3 Å². The maximum absolute atomic E-state index is 13.6. The Hall–Kier alpha value is -1.99. The largest absolute Gasteiger partial charge is 0.449 e. The molecule has 2 aliphatic heterocycles. The Balaban J connectivity index is 1.27. The minimum absolute atomic E-state index is 0.0984. The zero-order chi connectivity index (χ0) is 25.6. The van der Waals surface area contributed by atoms with Crippen LogP contribution in [0.1, 0.15) is 56.9 Å². The van der Waals surface area contributed by atoms with Gasteiger partial charge in [0.1, 0.15) is 0 Å². The van der Waals surface area contributed by atoms with Crippen LogP contribution in [-0.4, -0.2) is 78.5 Å². The van der Waals surface area contributed by atoms with Crippen LogP contribution in [0.15, 0.2) is 18.2 Å². The smallest absolute Gasteiger partial charge is 0.409 e. The van der Waals surface area contributed by atoms with Crippen molar-refractivity contribution in [2.75, 3.05) is 39.8 Å². The molecule has 1 aromatic rings. The van der Waals surface area contributed by atoms with E-state index in [4.69, 9.17) is 27.9 Å². The number of rotatable bonds is 6. The third kappa shape index (κ3) is 5.33. The van der Waals surface area contributed by atoms with Crippen LogP contribution < -0.4 is 0 Å². The Kier molecular flexibility index (Phi) is 7.16. The van der Waals surface area contributed by atoms with E-state index in [9.17, 15) is 14.4 Å². The van der Waals surface area contributed by atoms with Gasteiger partial charge in [-0.05, 0) is 62.1 Å². The molecule has 4 aliphatic rings. The van der Waals surface area contributed by atoms with Crippen LogP contribution in [0.2, 0.25) is 10.0 Å². The van der Waals surface area contributed by atoms with Crippen molar-refractivity contribution in [3.05, 3.63) is 33.8 Å². The number of piperidine rings is 1. The summed E-state index contributed by atoms with van der Waals surface area (Å²) in [7, 11) is 1.75. The molecule has 2 saturated carbocycles. The van der Waals surface area contributed by atoms with Crippen molar-refractivity contribution in [3.8, 4) is 0 Å². The lowest BCUT2D eigenvalue weighted by Crippen LogP contribution is -2.46. The third-order valence-electron chi connectivity index (χ3n) is 8.55. The van der Waals surface area contributed by atoms with E-state index in [1.165, 1.54) is 0 Å². The zero-order valence-corrected chi connectivity index (χ0v) is 22.6. The first kappa shape index (κ1) is 25.7. The summed E-state index contributed by atoms with van der Waals surface area (Å²) in [4.78, 5) is 44.6. The Labute approximate surface area is 223 Å². The summed E-state index contributed by atoms with van der Waals surface area (Å²) >= 11 is 12.5. The molecule has 2 atom stereocenters. The van der Waals surface area contributed by atoms with Crippen LogP contribution in [0.5, 0.6) is 0 Å². The minimum Gasteiger partial charge on any atom is -0.449 e. The summed E-state index contributed by atoms with van der Waals surface area (Å²) in [6.07, 6.45) is 5.15. The first-order chi connectivity index (χ1) is 17.2. The summed E-state index contributed by atoms with van der Waals surface area (Å²) < 4.78 is 5.54. The molecular formula is C27H35Cl2N3O4. The lowest BCUT2D eigenvalue weighted by molar-refractivity contribution is -0.142. The van der Waals surface area contributed by atoms with Gasteiger partial charge in [-0.1, -0.05) is 36.2 Å². The molecule has 196 valence electrons. The zero-order valence-electron chi connectivity index (χ0n) is 21.1. The van der Waals surface area contributed by atoms with Crippen LogP contribution in [0, 0.1) is 17.3 Å². The quantitative estimate of drug-likeness (QED) is 0.524. The van der Waals surface area contributed by atoms with Gasteiger partial charge >= 0.3 is 6.09 Å². The van der Waals surface area contributed by atoms with Crippen molar-refractivity contribution >= 4 is 41.1 Å². The van der Waals surface area contributed by atoms with Gasteiger partial charge in [0.2, 0.25) is 11.8 Å². The molecular weight excluding hydrogens is 501 g/mol. The fourth-order valence-electron chi connectivity index (χ4n) is 5.51. The van der Waals surface area contributed by atoms with E-state index in [2.05, 4.69) is 0 Å². The van der Waals surface area contributed by atoms with Gasteiger partial charge in [0.25, 0.3) is 0 Å². The Morgan fingerprint density at radius 2 is 1.72 bits per heavy atom. The number of halogens is 2. The number of amides is 3. The number of ether oxygens (including phenoxy) is 1. The molecule has 9 heteroatoms. The predicted molar refractivity (Wildman–Crippen MR) is 138 cm³/mol. The Morgan fingerprint density at radius 3 is 2.33 bits per heavy atom. The van der Waals surface area contributed by atoms with Crippen LogP contribution in [0.25, 0.3) is 0 Å². The number of hydrogen-bond acceptors (Lipinski definition) is 4. The van der Waals surface area contributed by atoms with Gasteiger partial charge in [-0.25, -0.2) is 4.79 Å². The highest BCUT2D eigenvalue weighted by Crippen LogP contribution is 2.47. The molecule has 2 aliphatic carbocycles. The molecule has 7 nitrogen and oxygen atoms in total. The second-order valence-corrected chi connectivity index (χ2v) is 12.2. The molecule has 1 aromatic carbocycles. The molecule has 0 spiro atoms. The van der Waals surface area contributed by atoms with E-state index in [1.807, 2.05) is 28.9 Å². The maximum Gasteiger partial charge on any atom is 0.409 e. The molecule has 2 unspecified atom stereocenters. The van der Waals surface area contributed by atoms with Crippen molar-refractivity contribution in [1.29, 1.82) is 0 Å². The monoisotopic (exact) mass is 535 g/mol. The van der Waals surface area contributed by atoms with E-state index in [1.54, 1.807) is 18.0 Å². The number of carbonyl (C=O) groups excluding carboxylic acids is 3. The van der Waals surface area contributed by atoms with Crippen molar-refractivity contribution in [3.63, 3.8) is 0 Å². The lowest BCUT2D eigenvalue weighted by atomic mass is 9.93. The highest BCUT2D eigenvalue weighted by molar-refractivity contribution is 6.42. The number of benzene rings is 1. The molecule has 0 bridgehead atoms. The fraction of sp³-hybridized carbons (Fsp3) is 0.667. The molecule has 4 fully saturated rings. The maximum atomic E-state index is 13.6. The molecule has 0 aromatic heterocycles. The van der Waals surface area contributed by atoms with Gasteiger partial charge in [-0.3, -0.25) is 9.59 Å². The summed E-state index contributed by atoms with van der Waals surface area (Å²) in [5, 5.41) is 0.930. The number of nitrogens with zero attached hydrogens (tertiary/aromatic N) is 3. The van der Waals surface area contributed by atoms with Crippen molar-refractivity contribution < 1.29 is 19.1 Å². The number of hydrogen-bond donors (Lipinski definition) is 0. The van der Waals surface area contributed by atoms with Gasteiger partial charge in [-0.2, -0.15) is 0 Å². The van der Waals surface area contributed by atoms with E-state index in [0.29, 0.717) is 61.6 Å². The second-order valence-electron chi connectivity index (χ2n) is 11.3. The fourth-order valence-corrected chi connectivity index (χ4v) is 5.82. The minimum atomic E-state index is -0.355. The van der Waals surface area contributed by atoms with E-state index >= 15 is 0 Å². The molecule has 5 rings (SSSR count). The first-order valence-electron chi connectivity index (χ1n) is 13.1. The van der Waals surface area contributed by atoms with Gasteiger partial charge < -0.3 is 19.4 Å². The molecule has 0 N–H and O–H groups in total. The van der Waals surface area contributed by atoms with E-state index < -0.39 is 0 Å². The summed E-state index contributed by atoms with van der Waals surface area (Å²) in [5.41, 5.74) is 0.773. The molecule has 2 heterocycles. The van der Waals surface area contributed by atoms with Crippen LogP contribution >= 0.6 is 23.2 Å². The number of likely N-dealkylation sites (N-methyl/N-ethyl adjacent to an activating group) is 1. The summed E-state index contributed by atoms with van der Waals surface area (Å²) in [6.45, 7) is 4.69. The summed E-state index contributed by atoms with van der Waals surface area (Å²) in [5.74, 6) is 0.614. The SMILES string of the molecule is CN(C(=O)OCC1CC1)C1CN(C(=O)C2CCN(C(=O)C3(C)CC3)CC2)CC1c1ccc(Cl)c(Cl)c1. The highest BCUT2D eigenvalue weighted by atomic mass is 35.5. The van der Waals surface area contributed by atoms with Gasteiger partial charge in [0.15, 0.2) is 0 Å². The average molecular weight is 537 g/mol. The average Bonchev–Trinajstić information content (AvgIpc) is 3.81. The Morgan fingerprint density at radius 1 is 1.03 bits per heavy atom. The number of likely N-dealkylation sites (tertiary alicyclic amines) is 2. The normalized spacial score (nSPS) is 25.6. The van der Waals surface area contributed by atoms with Crippen LogP contribution in [0.4, 0.5) is 4.79 Å². The standard InChI is InChI=1S/C27H35Cl2N3O4/c1-27(9-10-27)25(34)31-11-7-18(8-12-31)24(33)32-14-20(19-5-6-21(28)22(29)13-19)23(15-32)30(2)26(35)36-16-17-3-4-17/h5-6,13,17-18,20,23H,3-4,7-12,14-16H2,1-2H3. The van der Waals surface area contributed by atoms with Crippen LogP contribution in [-0.2, 0) is 14.3 Å². The first-order valence-corrected chi connectivity index (χ1v) is 13.8. The molecule has 3 amide bonds. The molecule has 36 heavy (non-hydrogen) atoms.